The van der Waals surface area contributed by atoms with E-state index in [0.29, 0.717) is 10.6 Å². The van der Waals surface area contributed by atoms with Crippen LogP contribution in [0.4, 0.5) is 0 Å². The number of nitrogens with zero attached hydrogens (tertiary/aromatic N) is 2. The number of amides is 1. The predicted octanol–water partition coefficient (Wildman–Crippen LogP) is 4.19. The van der Waals surface area contributed by atoms with Crippen LogP contribution in [0, 0.1) is 6.92 Å². The molecule has 29 heavy (non-hydrogen) atoms. The van der Waals surface area contributed by atoms with Crippen molar-refractivity contribution in [1.82, 2.24) is 9.21 Å². The molecule has 2 aromatic carbocycles. The minimum Gasteiger partial charge on any atom is -0.451 e. The van der Waals surface area contributed by atoms with Crippen molar-refractivity contribution in [2.75, 3.05) is 26.2 Å². The Labute approximate surface area is 178 Å². The Morgan fingerprint density at radius 2 is 1.72 bits per heavy atom. The summed E-state index contributed by atoms with van der Waals surface area (Å²) in [6.07, 6.45) is 0. The van der Waals surface area contributed by atoms with Crippen LogP contribution in [-0.4, -0.2) is 49.7 Å². The lowest BCUT2D eigenvalue weighted by Gasteiger charge is -2.33. The van der Waals surface area contributed by atoms with Crippen LogP contribution in [0.15, 0.2) is 51.8 Å². The van der Waals surface area contributed by atoms with Gasteiger partial charge < -0.3 is 9.32 Å². The lowest BCUT2D eigenvalue weighted by molar-refractivity contribution is 0.0668. The lowest BCUT2D eigenvalue weighted by atomic mass is 10.2. The van der Waals surface area contributed by atoms with Crippen molar-refractivity contribution >= 4 is 50.1 Å². The van der Waals surface area contributed by atoms with Crippen LogP contribution in [-0.2, 0) is 10.0 Å². The van der Waals surface area contributed by atoms with E-state index >= 15 is 0 Å². The van der Waals surface area contributed by atoms with Gasteiger partial charge in [-0.1, -0.05) is 34.8 Å². The summed E-state index contributed by atoms with van der Waals surface area (Å²) in [5.74, 6) is -0.00326. The smallest absolute Gasteiger partial charge is 0.289 e. The molecule has 1 fully saturated rings. The highest BCUT2D eigenvalue weighted by atomic mass is 35.5. The first-order valence-corrected chi connectivity index (χ1v) is 11.2. The van der Waals surface area contributed by atoms with Crippen molar-refractivity contribution in [3.05, 3.63) is 63.8 Å². The van der Waals surface area contributed by atoms with Crippen LogP contribution in [0.3, 0.4) is 0 Å². The van der Waals surface area contributed by atoms with E-state index in [0.717, 1.165) is 10.9 Å². The Bertz CT molecular complexity index is 1200. The molecule has 3 aromatic rings. The minimum absolute atomic E-state index is 0.0286. The number of aryl methyl sites for hydroxylation is 1. The third-order valence-electron chi connectivity index (χ3n) is 4.92. The molecule has 0 N–H and O–H groups in total. The van der Waals surface area contributed by atoms with Crippen LogP contribution in [0.5, 0.6) is 0 Å². The number of halogens is 2. The van der Waals surface area contributed by atoms with Gasteiger partial charge in [-0.25, -0.2) is 8.42 Å². The van der Waals surface area contributed by atoms with E-state index in [1.54, 1.807) is 11.0 Å². The van der Waals surface area contributed by atoms with Gasteiger partial charge in [0, 0.05) is 36.6 Å². The fourth-order valence-corrected chi connectivity index (χ4v) is 5.53. The molecule has 9 heteroatoms. The Morgan fingerprint density at radius 1 is 1.00 bits per heavy atom. The maximum atomic E-state index is 12.9. The van der Waals surface area contributed by atoms with E-state index in [1.165, 1.54) is 22.5 Å². The molecule has 0 aliphatic carbocycles. The van der Waals surface area contributed by atoms with Gasteiger partial charge in [-0.15, -0.1) is 0 Å². The van der Waals surface area contributed by atoms with Crippen LogP contribution in [0.2, 0.25) is 10.0 Å². The third kappa shape index (κ3) is 3.88. The zero-order valence-corrected chi connectivity index (χ0v) is 17.9. The van der Waals surface area contributed by atoms with Crippen molar-refractivity contribution in [2.24, 2.45) is 0 Å². The fraction of sp³-hybridized carbons (Fsp3) is 0.250. The van der Waals surface area contributed by atoms with Crippen LogP contribution >= 0.6 is 23.2 Å². The largest absolute Gasteiger partial charge is 0.451 e. The van der Waals surface area contributed by atoms with Gasteiger partial charge in [0.05, 0.1) is 5.02 Å². The molecule has 152 valence electrons. The van der Waals surface area contributed by atoms with Gasteiger partial charge in [0.2, 0.25) is 10.0 Å². The third-order valence-corrected chi connectivity index (χ3v) is 7.53. The molecule has 0 saturated carbocycles. The lowest BCUT2D eigenvalue weighted by Crippen LogP contribution is -2.50. The average molecular weight is 453 g/mol. The molecule has 6 nitrogen and oxygen atoms in total. The molecule has 0 bridgehead atoms. The number of fused-ring (bicyclic) bond motifs is 1. The first kappa shape index (κ1) is 20.2. The highest BCUT2D eigenvalue weighted by Gasteiger charge is 2.32. The Balaban J connectivity index is 1.49. The van der Waals surface area contributed by atoms with Crippen molar-refractivity contribution < 1.29 is 17.6 Å². The summed E-state index contributed by atoms with van der Waals surface area (Å²) in [7, 11) is -3.80. The van der Waals surface area contributed by atoms with Crippen LogP contribution < -0.4 is 0 Å². The number of carbonyl (C=O) groups excluding carboxylic acids is 1. The van der Waals surface area contributed by atoms with E-state index < -0.39 is 10.0 Å². The Morgan fingerprint density at radius 3 is 2.45 bits per heavy atom. The quantitative estimate of drug-likeness (QED) is 0.596. The zero-order valence-electron chi connectivity index (χ0n) is 15.6. The van der Waals surface area contributed by atoms with E-state index in [9.17, 15) is 13.2 Å². The van der Waals surface area contributed by atoms with Gasteiger partial charge in [0.15, 0.2) is 5.76 Å². The van der Waals surface area contributed by atoms with Gasteiger partial charge in [0.1, 0.15) is 10.5 Å². The number of furan rings is 1. The molecular formula is C20H18Cl2N2O4S. The summed E-state index contributed by atoms with van der Waals surface area (Å²) in [5.41, 5.74) is 1.73. The first-order valence-electron chi connectivity index (χ1n) is 9.00. The number of benzene rings is 2. The molecule has 0 atom stereocenters. The molecule has 1 saturated heterocycles. The molecule has 0 radical (unpaired) electrons. The highest BCUT2D eigenvalue weighted by Crippen LogP contribution is 2.29. The van der Waals surface area contributed by atoms with Gasteiger partial charge in [-0.05, 0) is 43.3 Å². The summed E-state index contributed by atoms with van der Waals surface area (Å²) >= 11 is 12.0. The average Bonchev–Trinajstić information content (AvgIpc) is 3.12. The van der Waals surface area contributed by atoms with E-state index in [-0.39, 0.29) is 47.8 Å². The molecule has 1 amide bonds. The molecule has 1 aromatic heterocycles. The summed E-state index contributed by atoms with van der Waals surface area (Å²) in [5, 5.41) is 1.28. The number of hydrogen-bond acceptors (Lipinski definition) is 4. The number of hydrogen-bond donors (Lipinski definition) is 0. The van der Waals surface area contributed by atoms with Gasteiger partial charge in [0.25, 0.3) is 5.91 Å². The normalized spacial score (nSPS) is 15.8. The topological polar surface area (TPSA) is 70.8 Å². The van der Waals surface area contributed by atoms with Gasteiger partial charge in [-0.2, -0.15) is 4.31 Å². The number of sulfonamides is 1. The molecule has 1 aliphatic rings. The summed E-state index contributed by atoms with van der Waals surface area (Å²) in [4.78, 5) is 14.4. The Kier molecular flexibility index (Phi) is 5.33. The fourth-order valence-electron chi connectivity index (χ4n) is 3.37. The van der Waals surface area contributed by atoms with Crippen LogP contribution in [0.25, 0.3) is 11.0 Å². The number of carbonyl (C=O) groups is 1. The second-order valence-corrected chi connectivity index (χ2v) is 9.67. The zero-order chi connectivity index (χ0) is 20.8. The standard InChI is InChI=1S/C20H18Cl2N2O4S/c1-13-2-5-17-14(10-13)11-18(28-17)20(25)23-6-8-24(9-7-23)29(26,27)19-12-15(21)3-4-16(19)22/h2-5,10-12H,6-9H2,1H3. The summed E-state index contributed by atoms with van der Waals surface area (Å²) in [6.45, 7) is 2.81. The SMILES string of the molecule is Cc1ccc2oc(C(=O)N3CCN(S(=O)(=O)c4cc(Cl)ccc4Cl)CC3)cc2c1. The van der Waals surface area contributed by atoms with Crippen molar-refractivity contribution in [2.45, 2.75) is 11.8 Å². The first-order chi connectivity index (χ1) is 13.8. The molecule has 1 aliphatic heterocycles. The van der Waals surface area contributed by atoms with Gasteiger partial charge in [-0.3, -0.25) is 4.79 Å². The van der Waals surface area contributed by atoms with E-state index in [1.807, 2.05) is 25.1 Å². The molecule has 0 spiro atoms. The molecular weight excluding hydrogens is 435 g/mol. The van der Waals surface area contributed by atoms with Crippen molar-refractivity contribution in [3.8, 4) is 0 Å². The van der Waals surface area contributed by atoms with E-state index in [4.69, 9.17) is 27.6 Å². The molecule has 0 unspecified atom stereocenters. The second-order valence-electron chi connectivity index (χ2n) is 6.92. The monoisotopic (exact) mass is 452 g/mol. The van der Waals surface area contributed by atoms with E-state index in [2.05, 4.69) is 0 Å². The van der Waals surface area contributed by atoms with Crippen LogP contribution in [0.1, 0.15) is 16.1 Å². The predicted molar refractivity (Wildman–Crippen MR) is 112 cm³/mol. The van der Waals surface area contributed by atoms with Gasteiger partial charge >= 0.3 is 0 Å². The Hall–Kier alpha value is -2.06. The maximum absolute atomic E-state index is 12.9. The molecule has 4 rings (SSSR count). The van der Waals surface area contributed by atoms with Crippen molar-refractivity contribution in [1.29, 1.82) is 0 Å². The minimum atomic E-state index is -3.80. The maximum Gasteiger partial charge on any atom is 0.289 e. The second kappa shape index (κ2) is 7.65. The summed E-state index contributed by atoms with van der Waals surface area (Å²) in [6, 6.07) is 11.8. The summed E-state index contributed by atoms with van der Waals surface area (Å²) < 4.78 is 32.8. The number of piperazine rings is 1. The number of rotatable bonds is 3. The molecule has 2 heterocycles. The highest BCUT2D eigenvalue weighted by molar-refractivity contribution is 7.89. The van der Waals surface area contributed by atoms with Crippen molar-refractivity contribution in [3.63, 3.8) is 0 Å².